The third-order valence-electron chi connectivity index (χ3n) is 4.54. The SMILES string of the molecule is Cc1nc([C@H]2CN(C(=O)[C@@H]3CCOc4ccccc43)CCO2)n[nH]1. The van der Waals surface area contributed by atoms with E-state index in [2.05, 4.69) is 15.2 Å². The molecule has 1 fully saturated rings. The van der Waals surface area contributed by atoms with E-state index in [0.29, 0.717) is 38.5 Å². The van der Waals surface area contributed by atoms with Gasteiger partial charge in [-0.2, -0.15) is 5.10 Å². The number of para-hydroxylation sites is 1. The number of benzene rings is 1. The molecule has 1 aromatic carbocycles. The van der Waals surface area contributed by atoms with Gasteiger partial charge in [0, 0.05) is 12.1 Å². The van der Waals surface area contributed by atoms with Gasteiger partial charge in [-0.05, 0) is 19.4 Å². The van der Waals surface area contributed by atoms with Gasteiger partial charge in [0.2, 0.25) is 5.91 Å². The smallest absolute Gasteiger partial charge is 0.230 e. The number of aryl methyl sites for hydroxylation is 1. The van der Waals surface area contributed by atoms with Crippen LogP contribution in [0.2, 0.25) is 0 Å². The maximum Gasteiger partial charge on any atom is 0.230 e. The molecule has 24 heavy (non-hydrogen) atoms. The van der Waals surface area contributed by atoms with Crippen LogP contribution in [0.5, 0.6) is 5.75 Å². The monoisotopic (exact) mass is 328 g/mol. The molecule has 1 N–H and O–H groups in total. The molecule has 0 bridgehead atoms. The number of rotatable bonds is 2. The van der Waals surface area contributed by atoms with Crippen LogP contribution in [0.1, 0.15) is 35.7 Å². The van der Waals surface area contributed by atoms with E-state index < -0.39 is 0 Å². The third kappa shape index (κ3) is 2.75. The predicted molar refractivity (Wildman–Crippen MR) is 85.7 cm³/mol. The number of aromatic nitrogens is 3. The number of hydrogen-bond acceptors (Lipinski definition) is 5. The molecular weight excluding hydrogens is 308 g/mol. The van der Waals surface area contributed by atoms with Crippen molar-refractivity contribution in [2.24, 2.45) is 0 Å². The standard InChI is InChI=1S/C17H20N4O3/c1-11-18-16(20-19-11)15-10-21(7-9-24-15)17(22)13-6-8-23-14-5-3-2-4-12(13)14/h2-5,13,15H,6-10H2,1H3,(H,18,19,20)/t13-,15-/m1/s1. The highest BCUT2D eigenvalue weighted by Gasteiger charge is 2.34. The summed E-state index contributed by atoms with van der Waals surface area (Å²) in [5.74, 6) is 2.15. The fourth-order valence-corrected chi connectivity index (χ4v) is 3.33. The number of amides is 1. The average Bonchev–Trinajstić information content (AvgIpc) is 3.07. The van der Waals surface area contributed by atoms with Crippen LogP contribution >= 0.6 is 0 Å². The molecule has 2 aliphatic rings. The van der Waals surface area contributed by atoms with Crippen LogP contribution in [0.3, 0.4) is 0 Å². The lowest BCUT2D eigenvalue weighted by molar-refractivity contribution is -0.141. The molecule has 1 aromatic heterocycles. The lowest BCUT2D eigenvalue weighted by Crippen LogP contribution is -2.45. The Labute approximate surface area is 140 Å². The highest BCUT2D eigenvalue weighted by molar-refractivity contribution is 5.85. The Kier molecular flexibility index (Phi) is 3.93. The molecule has 126 valence electrons. The summed E-state index contributed by atoms with van der Waals surface area (Å²) < 4.78 is 11.4. The minimum absolute atomic E-state index is 0.131. The van der Waals surface area contributed by atoms with Crippen LogP contribution in [-0.4, -0.2) is 52.3 Å². The second kappa shape index (κ2) is 6.24. The summed E-state index contributed by atoms with van der Waals surface area (Å²) in [4.78, 5) is 19.3. The molecule has 2 atom stereocenters. The summed E-state index contributed by atoms with van der Waals surface area (Å²) in [5.41, 5.74) is 0.977. The number of aromatic amines is 1. The molecule has 1 amide bonds. The number of ether oxygens (including phenoxy) is 2. The van der Waals surface area contributed by atoms with E-state index in [1.54, 1.807) is 0 Å². The highest BCUT2D eigenvalue weighted by atomic mass is 16.5. The number of fused-ring (bicyclic) bond motifs is 1. The van der Waals surface area contributed by atoms with Gasteiger partial charge in [0.25, 0.3) is 0 Å². The van der Waals surface area contributed by atoms with Gasteiger partial charge < -0.3 is 14.4 Å². The first kappa shape index (κ1) is 15.1. The molecule has 7 nitrogen and oxygen atoms in total. The van der Waals surface area contributed by atoms with E-state index >= 15 is 0 Å². The lowest BCUT2D eigenvalue weighted by atomic mass is 9.91. The fourth-order valence-electron chi connectivity index (χ4n) is 3.33. The summed E-state index contributed by atoms with van der Waals surface area (Å²) >= 11 is 0. The van der Waals surface area contributed by atoms with Crippen LogP contribution in [0.4, 0.5) is 0 Å². The van der Waals surface area contributed by atoms with Gasteiger partial charge in [0.05, 0.1) is 25.7 Å². The van der Waals surface area contributed by atoms with Gasteiger partial charge in [0.1, 0.15) is 17.7 Å². The largest absolute Gasteiger partial charge is 0.493 e. The second-order valence-corrected chi connectivity index (χ2v) is 6.15. The number of carbonyl (C=O) groups is 1. The van der Waals surface area contributed by atoms with Gasteiger partial charge >= 0.3 is 0 Å². The van der Waals surface area contributed by atoms with Crippen LogP contribution in [-0.2, 0) is 9.53 Å². The first-order valence-corrected chi connectivity index (χ1v) is 8.23. The van der Waals surface area contributed by atoms with Crippen molar-refractivity contribution in [2.45, 2.75) is 25.4 Å². The number of H-pyrrole nitrogens is 1. The summed E-state index contributed by atoms with van der Waals surface area (Å²) in [7, 11) is 0. The molecule has 0 radical (unpaired) electrons. The first-order chi connectivity index (χ1) is 11.7. The van der Waals surface area contributed by atoms with Crippen LogP contribution in [0.25, 0.3) is 0 Å². The topological polar surface area (TPSA) is 80.3 Å². The van der Waals surface area contributed by atoms with Crippen molar-refractivity contribution < 1.29 is 14.3 Å². The Morgan fingerprint density at radius 3 is 3.04 bits per heavy atom. The zero-order valence-electron chi connectivity index (χ0n) is 13.6. The van der Waals surface area contributed by atoms with Crippen molar-refractivity contribution in [1.29, 1.82) is 0 Å². The molecule has 0 spiro atoms. The van der Waals surface area contributed by atoms with Gasteiger partial charge in [-0.3, -0.25) is 9.89 Å². The average molecular weight is 328 g/mol. The summed E-state index contributed by atoms with van der Waals surface area (Å²) in [6.07, 6.45) is 0.431. The van der Waals surface area contributed by atoms with E-state index in [0.717, 1.165) is 17.1 Å². The van der Waals surface area contributed by atoms with E-state index in [1.807, 2.05) is 36.1 Å². The van der Waals surface area contributed by atoms with E-state index in [1.165, 1.54) is 0 Å². The Bertz CT molecular complexity index is 745. The zero-order chi connectivity index (χ0) is 16.5. The molecule has 4 rings (SSSR count). The maximum atomic E-state index is 13.1. The van der Waals surface area contributed by atoms with Gasteiger partial charge in [0.15, 0.2) is 5.82 Å². The number of carbonyl (C=O) groups excluding carboxylic acids is 1. The third-order valence-corrected chi connectivity index (χ3v) is 4.54. The number of nitrogens with one attached hydrogen (secondary N) is 1. The number of nitrogens with zero attached hydrogens (tertiary/aromatic N) is 3. The summed E-state index contributed by atoms with van der Waals surface area (Å²) in [6, 6.07) is 7.79. The molecule has 0 unspecified atom stereocenters. The summed E-state index contributed by atoms with van der Waals surface area (Å²) in [6.45, 7) is 3.99. The lowest BCUT2D eigenvalue weighted by Gasteiger charge is -2.35. The van der Waals surface area contributed by atoms with Crippen molar-refractivity contribution in [3.8, 4) is 5.75 Å². The fraction of sp³-hybridized carbons (Fsp3) is 0.471. The quantitative estimate of drug-likeness (QED) is 0.905. The van der Waals surface area contributed by atoms with Gasteiger partial charge in [-0.25, -0.2) is 4.98 Å². The van der Waals surface area contributed by atoms with E-state index in [4.69, 9.17) is 9.47 Å². The van der Waals surface area contributed by atoms with Crippen molar-refractivity contribution in [2.75, 3.05) is 26.3 Å². The minimum atomic E-state index is -0.275. The number of hydrogen-bond donors (Lipinski definition) is 1. The molecular formula is C17H20N4O3. The normalized spacial score (nSPS) is 23.5. The van der Waals surface area contributed by atoms with Gasteiger partial charge in [-0.1, -0.05) is 18.2 Å². The molecule has 0 aliphatic carbocycles. The Hall–Kier alpha value is -2.41. The predicted octanol–water partition coefficient (Wildman–Crippen LogP) is 1.58. The number of morpholine rings is 1. The molecule has 2 aliphatic heterocycles. The highest BCUT2D eigenvalue weighted by Crippen LogP contribution is 2.35. The maximum absolute atomic E-state index is 13.1. The van der Waals surface area contributed by atoms with E-state index in [-0.39, 0.29) is 17.9 Å². The zero-order valence-corrected chi connectivity index (χ0v) is 13.6. The Morgan fingerprint density at radius 1 is 1.33 bits per heavy atom. The minimum Gasteiger partial charge on any atom is -0.493 e. The Morgan fingerprint density at radius 2 is 2.21 bits per heavy atom. The molecule has 7 heteroatoms. The second-order valence-electron chi connectivity index (χ2n) is 6.15. The van der Waals surface area contributed by atoms with Gasteiger partial charge in [-0.15, -0.1) is 0 Å². The van der Waals surface area contributed by atoms with Crippen LogP contribution in [0.15, 0.2) is 24.3 Å². The summed E-state index contributed by atoms with van der Waals surface area (Å²) in [5, 5.41) is 6.99. The molecule has 1 saturated heterocycles. The van der Waals surface area contributed by atoms with Crippen LogP contribution < -0.4 is 4.74 Å². The Balaban J connectivity index is 1.52. The van der Waals surface area contributed by atoms with E-state index in [9.17, 15) is 4.79 Å². The van der Waals surface area contributed by atoms with Crippen molar-refractivity contribution in [1.82, 2.24) is 20.1 Å². The first-order valence-electron chi connectivity index (χ1n) is 8.23. The van der Waals surface area contributed by atoms with Crippen molar-refractivity contribution >= 4 is 5.91 Å². The van der Waals surface area contributed by atoms with Crippen molar-refractivity contribution in [3.63, 3.8) is 0 Å². The van der Waals surface area contributed by atoms with Crippen molar-refractivity contribution in [3.05, 3.63) is 41.5 Å². The van der Waals surface area contributed by atoms with Crippen LogP contribution in [0, 0.1) is 6.92 Å². The molecule has 2 aromatic rings. The molecule has 0 saturated carbocycles. The molecule has 3 heterocycles.